The molecule has 0 aliphatic rings. The topological polar surface area (TPSA) is 58.6 Å². The normalized spacial score (nSPS) is 11.9. The highest BCUT2D eigenvalue weighted by Crippen LogP contribution is 2.27. The second-order valence-corrected chi connectivity index (χ2v) is 4.08. The quantitative estimate of drug-likeness (QED) is 0.823. The molecule has 0 aliphatic heterocycles. The summed E-state index contributed by atoms with van der Waals surface area (Å²) >= 11 is 5.99. The van der Waals surface area contributed by atoms with Gasteiger partial charge in [-0.1, -0.05) is 24.9 Å². The Hall–Kier alpha value is -1.42. The zero-order valence-corrected chi connectivity index (χ0v) is 10.6. The van der Waals surface area contributed by atoms with Gasteiger partial charge in [-0.15, -0.1) is 0 Å². The number of rotatable bonds is 6. The fourth-order valence-electron chi connectivity index (χ4n) is 1.48. The van der Waals surface area contributed by atoms with Crippen molar-refractivity contribution in [3.05, 3.63) is 23.2 Å². The number of carboxylic acid groups (broad SMARTS) is 1. The Morgan fingerprint density at radius 1 is 1.59 bits per heavy atom. The van der Waals surface area contributed by atoms with E-state index in [9.17, 15) is 4.79 Å². The highest BCUT2D eigenvalue weighted by atomic mass is 35.5. The van der Waals surface area contributed by atoms with E-state index in [1.54, 1.807) is 25.3 Å². The second-order valence-electron chi connectivity index (χ2n) is 3.67. The van der Waals surface area contributed by atoms with Crippen molar-refractivity contribution in [3.8, 4) is 5.75 Å². The highest BCUT2D eigenvalue weighted by molar-refractivity contribution is 6.33. The van der Waals surface area contributed by atoms with Crippen molar-refractivity contribution in [2.75, 3.05) is 12.4 Å². The molecule has 1 rings (SSSR count). The zero-order chi connectivity index (χ0) is 12.8. The van der Waals surface area contributed by atoms with Gasteiger partial charge in [0.25, 0.3) is 0 Å². The van der Waals surface area contributed by atoms with Crippen LogP contribution < -0.4 is 10.1 Å². The third-order valence-corrected chi connectivity index (χ3v) is 2.71. The zero-order valence-electron chi connectivity index (χ0n) is 9.87. The van der Waals surface area contributed by atoms with Gasteiger partial charge >= 0.3 is 5.97 Å². The van der Waals surface area contributed by atoms with E-state index in [1.165, 1.54) is 0 Å². The van der Waals surface area contributed by atoms with Crippen LogP contribution in [0.3, 0.4) is 0 Å². The van der Waals surface area contributed by atoms with Gasteiger partial charge in [-0.2, -0.15) is 0 Å². The molecule has 1 aromatic carbocycles. The second kappa shape index (κ2) is 6.35. The summed E-state index contributed by atoms with van der Waals surface area (Å²) in [6.45, 7) is 1.94. The number of hydrogen-bond donors (Lipinski definition) is 2. The molecule has 1 unspecified atom stereocenters. The largest absolute Gasteiger partial charge is 0.497 e. The number of benzene rings is 1. The van der Waals surface area contributed by atoms with Gasteiger partial charge in [-0.05, 0) is 18.6 Å². The summed E-state index contributed by atoms with van der Waals surface area (Å²) in [5.41, 5.74) is 0.576. The van der Waals surface area contributed by atoms with Gasteiger partial charge in [0.1, 0.15) is 11.8 Å². The lowest BCUT2D eigenvalue weighted by Crippen LogP contribution is -2.29. The molecule has 94 valence electrons. The van der Waals surface area contributed by atoms with Crippen LogP contribution in [-0.4, -0.2) is 24.2 Å². The molecule has 1 aromatic rings. The lowest BCUT2D eigenvalue weighted by Gasteiger charge is -2.16. The van der Waals surface area contributed by atoms with Gasteiger partial charge in [0.15, 0.2) is 0 Å². The molecule has 0 aromatic heterocycles. The van der Waals surface area contributed by atoms with E-state index >= 15 is 0 Å². The van der Waals surface area contributed by atoms with Crippen molar-refractivity contribution in [2.45, 2.75) is 25.8 Å². The van der Waals surface area contributed by atoms with Crippen molar-refractivity contribution in [3.63, 3.8) is 0 Å². The molecular formula is C12H16ClNO3. The highest BCUT2D eigenvalue weighted by Gasteiger charge is 2.17. The summed E-state index contributed by atoms with van der Waals surface area (Å²) in [6.07, 6.45) is 1.33. The molecule has 4 nitrogen and oxygen atoms in total. The molecule has 0 heterocycles. The monoisotopic (exact) mass is 257 g/mol. The smallest absolute Gasteiger partial charge is 0.326 e. The first kappa shape index (κ1) is 13.6. The van der Waals surface area contributed by atoms with E-state index in [4.69, 9.17) is 21.4 Å². The number of halogens is 1. The molecule has 0 bridgehead atoms. The van der Waals surface area contributed by atoms with E-state index < -0.39 is 12.0 Å². The molecule has 0 radical (unpaired) electrons. The average molecular weight is 258 g/mol. The van der Waals surface area contributed by atoms with Crippen LogP contribution in [0.1, 0.15) is 19.8 Å². The van der Waals surface area contributed by atoms with Crippen molar-refractivity contribution in [2.24, 2.45) is 0 Å². The molecular weight excluding hydrogens is 242 g/mol. The van der Waals surface area contributed by atoms with E-state index in [-0.39, 0.29) is 0 Å². The number of carboxylic acids is 1. The number of anilines is 1. The maximum atomic E-state index is 11.0. The predicted molar refractivity (Wildman–Crippen MR) is 68.0 cm³/mol. The van der Waals surface area contributed by atoms with Gasteiger partial charge in [0.05, 0.1) is 17.8 Å². The van der Waals surface area contributed by atoms with Crippen LogP contribution in [0.15, 0.2) is 18.2 Å². The Kier molecular flexibility index (Phi) is 5.10. The number of hydrogen-bond acceptors (Lipinski definition) is 3. The van der Waals surface area contributed by atoms with Crippen LogP contribution in [0.5, 0.6) is 5.75 Å². The van der Waals surface area contributed by atoms with Crippen LogP contribution in [-0.2, 0) is 4.79 Å². The first-order valence-electron chi connectivity index (χ1n) is 5.41. The first-order valence-corrected chi connectivity index (χ1v) is 5.79. The Bertz CT molecular complexity index is 395. The molecule has 0 saturated carbocycles. The number of methoxy groups -OCH3 is 1. The summed E-state index contributed by atoms with van der Waals surface area (Å²) < 4.78 is 5.07. The van der Waals surface area contributed by atoms with Crippen LogP contribution in [0.2, 0.25) is 5.02 Å². The van der Waals surface area contributed by atoms with Crippen LogP contribution in [0, 0.1) is 0 Å². The van der Waals surface area contributed by atoms with Crippen molar-refractivity contribution in [1.29, 1.82) is 0 Å². The van der Waals surface area contributed by atoms with Gasteiger partial charge in [0.2, 0.25) is 0 Å². The minimum Gasteiger partial charge on any atom is -0.497 e. The minimum atomic E-state index is -0.884. The molecule has 2 N–H and O–H groups in total. The van der Waals surface area contributed by atoms with Crippen molar-refractivity contribution < 1.29 is 14.6 Å². The Morgan fingerprint density at radius 2 is 2.29 bits per heavy atom. The summed E-state index contributed by atoms with van der Waals surface area (Å²) in [5.74, 6) is -0.247. The third-order valence-electron chi connectivity index (χ3n) is 2.38. The van der Waals surface area contributed by atoms with E-state index in [0.29, 0.717) is 22.9 Å². The summed E-state index contributed by atoms with van der Waals surface area (Å²) in [6, 6.07) is 4.45. The summed E-state index contributed by atoms with van der Waals surface area (Å²) in [7, 11) is 1.55. The van der Waals surface area contributed by atoms with E-state index in [0.717, 1.165) is 6.42 Å². The van der Waals surface area contributed by atoms with Crippen molar-refractivity contribution in [1.82, 2.24) is 0 Å². The molecule has 1 atom stereocenters. The number of ether oxygens (including phenoxy) is 1. The first-order chi connectivity index (χ1) is 8.08. The van der Waals surface area contributed by atoms with E-state index in [1.807, 2.05) is 6.92 Å². The van der Waals surface area contributed by atoms with Gasteiger partial charge < -0.3 is 15.2 Å². The molecule has 5 heteroatoms. The fourth-order valence-corrected chi connectivity index (χ4v) is 1.65. The Morgan fingerprint density at radius 3 is 2.82 bits per heavy atom. The molecule has 0 amide bonds. The lowest BCUT2D eigenvalue weighted by atomic mass is 10.1. The van der Waals surface area contributed by atoms with E-state index in [2.05, 4.69) is 5.32 Å². The minimum absolute atomic E-state index is 0.480. The number of carbonyl (C=O) groups is 1. The number of nitrogens with one attached hydrogen (secondary N) is 1. The molecule has 0 spiro atoms. The molecule has 17 heavy (non-hydrogen) atoms. The fraction of sp³-hybridized carbons (Fsp3) is 0.417. The maximum Gasteiger partial charge on any atom is 0.326 e. The molecule has 0 aliphatic carbocycles. The molecule has 0 fully saturated rings. The third kappa shape index (κ3) is 3.82. The average Bonchev–Trinajstić information content (AvgIpc) is 2.31. The Balaban J connectivity index is 2.87. The maximum absolute atomic E-state index is 11.0. The number of aliphatic carboxylic acids is 1. The van der Waals surface area contributed by atoms with Crippen LogP contribution in [0.4, 0.5) is 5.69 Å². The summed E-state index contributed by atoms with van der Waals surface area (Å²) in [5, 5.41) is 12.4. The summed E-state index contributed by atoms with van der Waals surface area (Å²) in [4.78, 5) is 11.0. The predicted octanol–water partition coefficient (Wildman–Crippen LogP) is 3.01. The Labute approximate surface area is 106 Å². The van der Waals surface area contributed by atoms with Gasteiger partial charge in [-0.25, -0.2) is 4.79 Å². The van der Waals surface area contributed by atoms with Crippen LogP contribution >= 0.6 is 11.6 Å². The van der Waals surface area contributed by atoms with Crippen LogP contribution in [0.25, 0.3) is 0 Å². The SMILES string of the molecule is CCCC(Nc1cc(OC)ccc1Cl)C(=O)O. The standard InChI is InChI=1S/C12H16ClNO3/c1-3-4-10(12(15)16)14-11-7-8(17-2)5-6-9(11)13/h5-7,10,14H,3-4H2,1-2H3,(H,15,16). The lowest BCUT2D eigenvalue weighted by molar-refractivity contribution is -0.138. The van der Waals surface area contributed by atoms with Gasteiger partial charge in [-0.3, -0.25) is 0 Å². The van der Waals surface area contributed by atoms with Crippen molar-refractivity contribution >= 4 is 23.3 Å². The molecule has 0 saturated heterocycles. The van der Waals surface area contributed by atoms with Gasteiger partial charge in [0, 0.05) is 6.07 Å².